The number of carboxylic acid groups (broad SMARTS) is 1. The molecule has 1 N–H and O–H groups in total. The van der Waals surface area contributed by atoms with Gasteiger partial charge in [-0.25, -0.2) is 13.4 Å². The van der Waals surface area contributed by atoms with Crippen LogP contribution in [0.3, 0.4) is 0 Å². The highest BCUT2D eigenvalue weighted by atomic mass is 32.2. The summed E-state index contributed by atoms with van der Waals surface area (Å²) < 4.78 is 27.8. The lowest BCUT2D eigenvalue weighted by molar-refractivity contribution is -0.140. The van der Waals surface area contributed by atoms with E-state index in [1.807, 2.05) is 13.8 Å². The van der Waals surface area contributed by atoms with Gasteiger partial charge in [-0.15, -0.1) is 0 Å². The molecule has 1 aromatic heterocycles. The minimum atomic E-state index is -3.85. The van der Waals surface area contributed by atoms with Crippen molar-refractivity contribution in [3.05, 3.63) is 12.0 Å². The molecule has 8 heteroatoms. The van der Waals surface area contributed by atoms with Gasteiger partial charge < -0.3 is 9.67 Å². The minimum absolute atomic E-state index is 0.0724. The monoisotopic (exact) mass is 301 g/mol. The third-order valence-corrected chi connectivity index (χ3v) is 5.25. The Balaban J connectivity index is 2.40. The second kappa shape index (κ2) is 5.17. The maximum Gasteiger partial charge on any atom is 0.322 e. The summed E-state index contributed by atoms with van der Waals surface area (Å²) in [4.78, 5) is 15.3. The molecule has 0 spiro atoms. The Bertz CT molecular complexity index is 621. The zero-order chi connectivity index (χ0) is 15.1. The highest BCUT2D eigenvalue weighted by Crippen LogP contribution is 2.26. The lowest BCUT2D eigenvalue weighted by Gasteiger charge is -2.19. The lowest BCUT2D eigenvalue weighted by atomic mass is 10.2. The Morgan fingerprint density at radius 3 is 2.65 bits per heavy atom. The van der Waals surface area contributed by atoms with Crippen LogP contribution in [0.5, 0.6) is 0 Å². The number of aliphatic carboxylic acids is 1. The van der Waals surface area contributed by atoms with Crippen LogP contribution in [0.2, 0.25) is 0 Å². The molecule has 1 aromatic rings. The number of hydrogen-bond donors (Lipinski definition) is 1. The smallest absolute Gasteiger partial charge is 0.322 e. The fourth-order valence-electron chi connectivity index (χ4n) is 2.51. The first-order valence-corrected chi connectivity index (χ1v) is 7.97. The third-order valence-electron chi connectivity index (χ3n) is 3.47. The van der Waals surface area contributed by atoms with Crippen LogP contribution in [0.1, 0.15) is 38.4 Å². The molecule has 0 amide bonds. The molecular formula is C12H19N3O4S. The van der Waals surface area contributed by atoms with Crippen molar-refractivity contribution in [3.8, 4) is 0 Å². The van der Waals surface area contributed by atoms with E-state index < -0.39 is 22.0 Å². The standard InChI is InChI=1S/C12H19N3O4S/c1-8(2)11-13-10(7-14(11)3)20(18,19)15-6-4-5-9(15)12(16)17/h7-9H,4-6H2,1-3H3,(H,16,17). The SMILES string of the molecule is CC(C)c1nc(S(=O)(=O)N2CCCC2C(=O)O)cn1C. The van der Waals surface area contributed by atoms with Gasteiger partial charge in [0.05, 0.1) is 0 Å². The van der Waals surface area contributed by atoms with E-state index in [0.29, 0.717) is 18.7 Å². The van der Waals surface area contributed by atoms with Crippen molar-refractivity contribution in [3.63, 3.8) is 0 Å². The molecular weight excluding hydrogens is 282 g/mol. The van der Waals surface area contributed by atoms with Crippen molar-refractivity contribution in [2.24, 2.45) is 7.05 Å². The number of carboxylic acids is 1. The van der Waals surface area contributed by atoms with Crippen LogP contribution in [0.25, 0.3) is 0 Å². The van der Waals surface area contributed by atoms with Gasteiger partial charge in [0, 0.05) is 25.7 Å². The van der Waals surface area contributed by atoms with Gasteiger partial charge in [-0.1, -0.05) is 13.8 Å². The van der Waals surface area contributed by atoms with E-state index in [1.54, 1.807) is 11.6 Å². The zero-order valence-electron chi connectivity index (χ0n) is 11.8. The summed E-state index contributed by atoms with van der Waals surface area (Å²) in [5.41, 5.74) is 0. The number of rotatable bonds is 4. The van der Waals surface area contributed by atoms with Crippen molar-refractivity contribution in [2.45, 2.75) is 43.7 Å². The number of aryl methyl sites for hydroxylation is 1. The Kier molecular flexibility index (Phi) is 3.88. The van der Waals surface area contributed by atoms with E-state index in [-0.39, 0.29) is 17.5 Å². The number of nitrogens with zero attached hydrogens (tertiary/aromatic N) is 3. The molecule has 1 aliphatic rings. The molecule has 7 nitrogen and oxygen atoms in total. The van der Waals surface area contributed by atoms with Crippen LogP contribution >= 0.6 is 0 Å². The van der Waals surface area contributed by atoms with E-state index in [2.05, 4.69) is 4.98 Å². The Hall–Kier alpha value is -1.41. The fraction of sp³-hybridized carbons (Fsp3) is 0.667. The minimum Gasteiger partial charge on any atom is -0.480 e. The van der Waals surface area contributed by atoms with Gasteiger partial charge in [-0.3, -0.25) is 4.79 Å². The van der Waals surface area contributed by atoms with E-state index in [4.69, 9.17) is 5.11 Å². The van der Waals surface area contributed by atoms with Gasteiger partial charge in [0.15, 0.2) is 5.03 Å². The Labute approximate surface area is 118 Å². The van der Waals surface area contributed by atoms with Gasteiger partial charge in [0.2, 0.25) is 0 Å². The molecule has 20 heavy (non-hydrogen) atoms. The number of sulfonamides is 1. The topological polar surface area (TPSA) is 92.5 Å². The quantitative estimate of drug-likeness (QED) is 0.887. The van der Waals surface area contributed by atoms with Crippen molar-refractivity contribution in [1.82, 2.24) is 13.9 Å². The maximum absolute atomic E-state index is 12.5. The normalized spacial score (nSPS) is 20.7. The number of aromatic nitrogens is 2. The molecule has 0 bridgehead atoms. The summed E-state index contributed by atoms with van der Waals surface area (Å²) in [5, 5.41) is 9.04. The highest BCUT2D eigenvalue weighted by Gasteiger charge is 2.40. The van der Waals surface area contributed by atoms with E-state index in [1.165, 1.54) is 6.20 Å². The largest absolute Gasteiger partial charge is 0.480 e. The van der Waals surface area contributed by atoms with Gasteiger partial charge in [-0.2, -0.15) is 4.31 Å². The summed E-state index contributed by atoms with van der Waals surface area (Å²) in [6.45, 7) is 4.08. The van der Waals surface area contributed by atoms with Crippen molar-refractivity contribution >= 4 is 16.0 Å². The second-order valence-electron chi connectivity index (χ2n) is 5.31. The number of hydrogen-bond acceptors (Lipinski definition) is 4. The predicted molar refractivity (Wildman–Crippen MR) is 71.8 cm³/mol. The van der Waals surface area contributed by atoms with Crippen molar-refractivity contribution < 1.29 is 18.3 Å². The average Bonchev–Trinajstić information content (AvgIpc) is 2.94. The maximum atomic E-state index is 12.5. The second-order valence-corrected chi connectivity index (χ2v) is 7.15. The predicted octanol–water partition coefficient (Wildman–Crippen LogP) is 0.781. The molecule has 1 aliphatic heterocycles. The average molecular weight is 301 g/mol. The molecule has 1 unspecified atom stereocenters. The summed E-state index contributed by atoms with van der Waals surface area (Å²) in [5.74, 6) is -0.349. The zero-order valence-corrected chi connectivity index (χ0v) is 12.6. The molecule has 1 saturated heterocycles. The van der Waals surface area contributed by atoms with Crippen LogP contribution in [-0.4, -0.2) is 45.9 Å². The summed E-state index contributed by atoms with van der Waals surface area (Å²) >= 11 is 0. The van der Waals surface area contributed by atoms with Crippen LogP contribution < -0.4 is 0 Å². The van der Waals surface area contributed by atoms with Gasteiger partial charge in [-0.05, 0) is 12.8 Å². The van der Waals surface area contributed by atoms with Crippen LogP contribution in [0, 0.1) is 0 Å². The molecule has 2 rings (SSSR count). The number of imidazole rings is 1. The highest BCUT2D eigenvalue weighted by molar-refractivity contribution is 7.89. The molecule has 0 saturated carbocycles. The van der Waals surface area contributed by atoms with Crippen molar-refractivity contribution in [2.75, 3.05) is 6.54 Å². The summed E-state index contributed by atoms with van der Waals surface area (Å²) in [6.07, 6.45) is 2.35. The Morgan fingerprint density at radius 1 is 1.50 bits per heavy atom. The van der Waals surface area contributed by atoms with Gasteiger partial charge >= 0.3 is 5.97 Å². The van der Waals surface area contributed by atoms with E-state index >= 15 is 0 Å². The molecule has 0 radical (unpaired) electrons. The summed E-state index contributed by atoms with van der Waals surface area (Å²) in [6, 6.07) is -0.982. The van der Waals surface area contributed by atoms with Crippen LogP contribution in [0.15, 0.2) is 11.2 Å². The molecule has 2 heterocycles. The van der Waals surface area contributed by atoms with Crippen molar-refractivity contribution in [1.29, 1.82) is 0 Å². The first-order valence-electron chi connectivity index (χ1n) is 6.53. The molecule has 1 atom stereocenters. The fourth-order valence-corrected chi connectivity index (χ4v) is 4.15. The molecule has 0 aromatic carbocycles. The molecule has 0 aliphatic carbocycles. The van der Waals surface area contributed by atoms with E-state index in [9.17, 15) is 13.2 Å². The first kappa shape index (κ1) is 15.0. The lowest BCUT2D eigenvalue weighted by Crippen LogP contribution is -2.40. The summed E-state index contributed by atoms with van der Waals surface area (Å²) in [7, 11) is -2.11. The molecule has 112 valence electrons. The van der Waals surface area contributed by atoms with Gasteiger partial charge in [0.1, 0.15) is 11.9 Å². The number of carbonyl (C=O) groups is 1. The van der Waals surface area contributed by atoms with Crippen LogP contribution in [-0.2, 0) is 21.9 Å². The first-order chi connectivity index (χ1) is 9.25. The Morgan fingerprint density at radius 2 is 2.15 bits per heavy atom. The third kappa shape index (κ3) is 2.45. The van der Waals surface area contributed by atoms with Crippen LogP contribution in [0.4, 0.5) is 0 Å². The molecule has 1 fully saturated rings. The van der Waals surface area contributed by atoms with Gasteiger partial charge in [0.25, 0.3) is 10.0 Å². The van der Waals surface area contributed by atoms with E-state index in [0.717, 1.165) is 4.31 Å².